The van der Waals surface area contributed by atoms with Crippen molar-refractivity contribution in [3.8, 4) is 0 Å². The van der Waals surface area contributed by atoms with Crippen LogP contribution < -0.4 is 0 Å². The molecule has 1 aromatic rings. The lowest BCUT2D eigenvalue weighted by Gasteiger charge is -2.31. The second kappa shape index (κ2) is 9.60. The molecule has 0 N–H and O–H groups in total. The lowest BCUT2D eigenvalue weighted by molar-refractivity contribution is 0.314. The summed E-state index contributed by atoms with van der Waals surface area (Å²) in [5, 5.41) is 4.53. The number of unbranched alkanes of at least 4 members (excludes halogenated alkanes) is 7. The molecule has 0 nitrogen and oxygen atoms in total. The molecule has 1 atom stereocenters. The first-order valence-electron chi connectivity index (χ1n) is 8.61. The van der Waals surface area contributed by atoms with Crippen molar-refractivity contribution in [2.24, 2.45) is 5.92 Å². The van der Waals surface area contributed by atoms with E-state index in [2.05, 4.69) is 44.5 Å². The Bertz CT molecular complexity index is 324. The second-order valence-electron chi connectivity index (χ2n) is 6.90. The first kappa shape index (κ1) is 17.8. The molecule has 0 spiro atoms. The van der Waals surface area contributed by atoms with Gasteiger partial charge in [0.1, 0.15) is 0 Å². The molecule has 1 heterocycles. The molecule has 0 amide bonds. The number of thiophene rings is 1. The van der Waals surface area contributed by atoms with Gasteiger partial charge >= 0.3 is 0 Å². The quantitative estimate of drug-likeness (QED) is 0.379. The highest BCUT2D eigenvalue weighted by Gasteiger charge is 2.27. The Morgan fingerprint density at radius 3 is 2.15 bits per heavy atom. The highest BCUT2D eigenvalue weighted by atomic mass is 32.1. The van der Waals surface area contributed by atoms with Crippen LogP contribution in [0.1, 0.15) is 91.0 Å². The average molecular weight is 295 g/mol. The van der Waals surface area contributed by atoms with E-state index in [1.807, 2.05) is 11.3 Å². The van der Waals surface area contributed by atoms with Crippen LogP contribution in [0, 0.1) is 5.92 Å². The molecule has 0 aliphatic heterocycles. The molecule has 0 aliphatic rings. The van der Waals surface area contributed by atoms with Gasteiger partial charge in [-0.25, -0.2) is 0 Å². The van der Waals surface area contributed by atoms with Gasteiger partial charge in [0.25, 0.3) is 0 Å². The van der Waals surface area contributed by atoms with Crippen molar-refractivity contribution >= 4 is 11.3 Å². The van der Waals surface area contributed by atoms with Crippen LogP contribution in [-0.4, -0.2) is 0 Å². The van der Waals surface area contributed by atoms with Gasteiger partial charge in [-0.3, -0.25) is 0 Å². The minimum Gasteiger partial charge on any atom is -0.152 e. The van der Waals surface area contributed by atoms with Gasteiger partial charge in [-0.05, 0) is 40.1 Å². The van der Waals surface area contributed by atoms with E-state index in [0.717, 1.165) is 5.92 Å². The van der Waals surface area contributed by atoms with Gasteiger partial charge < -0.3 is 0 Å². The molecule has 1 rings (SSSR count). The van der Waals surface area contributed by atoms with Crippen molar-refractivity contribution in [3.63, 3.8) is 0 Å². The molecule has 0 saturated heterocycles. The zero-order valence-corrected chi connectivity index (χ0v) is 14.9. The van der Waals surface area contributed by atoms with Crippen LogP contribution >= 0.6 is 11.3 Å². The van der Waals surface area contributed by atoms with Crippen LogP contribution in [0.2, 0.25) is 0 Å². The maximum Gasteiger partial charge on any atom is -0.00557 e. The SMILES string of the molecule is CCCCCCCCCCC(C)C(C)(C)c1ccsc1. The summed E-state index contributed by atoms with van der Waals surface area (Å²) < 4.78 is 0. The zero-order valence-electron chi connectivity index (χ0n) is 14.1. The molecule has 0 aromatic carbocycles. The largest absolute Gasteiger partial charge is 0.152 e. The first-order valence-corrected chi connectivity index (χ1v) is 9.56. The van der Waals surface area contributed by atoms with Crippen LogP contribution in [0.4, 0.5) is 0 Å². The van der Waals surface area contributed by atoms with Crippen LogP contribution in [0.3, 0.4) is 0 Å². The Balaban J connectivity index is 2.12. The number of rotatable bonds is 11. The summed E-state index contributed by atoms with van der Waals surface area (Å²) in [6.45, 7) is 9.53. The smallest absolute Gasteiger partial charge is 0.00557 e. The molecule has 1 unspecified atom stereocenters. The maximum absolute atomic E-state index is 2.43. The molecular weight excluding hydrogens is 260 g/mol. The van der Waals surface area contributed by atoms with Gasteiger partial charge in [0.15, 0.2) is 0 Å². The summed E-state index contributed by atoms with van der Waals surface area (Å²) in [6, 6.07) is 2.30. The molecule has 0 fully saturated rings. The van der Waals surface area contributed by atoms with Crippen molar-refractivity contribution in [1.82, 2.24) is 0 Å². The van der Waals surface area contributed by atoms with E-state index in [1.165, 1.54) is 63.4 Å². The fraction of sp³-hybridized carbons (Fsp3) is 0.789. The van der Waals surface area contributed by atoms with Gasteiger partial charge in [-0.15, -0.1) is 0 Å². The van der Waals surface area contributed by atoms with E-state index in [1.54, 1.807) is 0 Å². The fourth-order valence-electron chi connectivity index (χ4n) is 2.86. The molecule has 116 valence electrons. The summed E-state index contributed by atoms with van der Waals surface area (Å²) >= 11 is 1.83. The average Bonchev–Trinajstić information content (AvgIpc) is 2.96. The van der Waals surface area contributed by atoms with Gasteiger partial charge in [-0.1, -0.05) is 79.1 Å². The van der Waals surface area contributed by atoms with E-state index >= 15 is 0 Å². The van der Waals surface area contributed by atoms with Gasteiger partial charge in [0.05, 0.1) is 0 Å². The normalized spacial score (nSPS) is 13.6. The topological polar surface area (TPSA) is 0 Å². The molecule has 1 heteroatoms. The number of hydrogen-bond acceptors (Lipinski definition) is 1. The van der Waals surface area contributed by atoms with E-state index < -0.39 is 0 Å². The Morgan fingerprint density at radius 2 is 1.60 bits per heavy atom. The van der Waals surface area contributed by atoms with Crippen LogP contribution in [-0.2, 0) is 5.41 Å². The summed E-state index contributed by atoms with van der Waals surface area (Å²) in [5.41, 5.74) is 1.86. The first-order chi connectivity index (χ1) is 9.59. The molecular formula is C19H34S. The molecule has 0 aliphatic carbocycles. The highest BCUT2D eigenvalue weighted by molar-refractivity contribution is 7.08. The third-order valence-electron chi connectivity index (χ3n) is 4.99. The van der Waals surface area contributed by atoms with Gasteiger partial charge in [0, 0.05) is 0 Å². The number of hydrogen-bond donors (Lipinski definition) is 0. The fourth-order valence-corrected chi connectivity index (χ4v) is 3.69. The zero-order chi connectivity index (χ0) is 14.8. The van der Waals surface area contributed by atoms with Crippen molar-refractivity contribution < 1.29 is 0 Å². The van der Waals surface area contributed by atoms with Gasteiger partial charge in [0.2, 0.25) is 0 Å². The minimum atomic E-state index is 0.334. The van der Waals surface area contributed by atoms with Crippen molar-refractivity contribution in [2.75, 3.05) is 0 Å². The lowest BCUT2D eigenvalue weighted by Crippen LogP contribution is -2.25. The Hall–Kier alpha value is -0.300. The predicted octanol–water partition coefficient (Wildman–Crippen LogP) is 7.19. The molecule has 20 heavy (non-hydrogen) atoms. The van der Waals surface area contributed by atoms with Crippen LogP contribution in [0.5, 0.6) is 0 Å². The van der Waals surface area contributed by atoms with Crippen LogP contribution in [0.15, 0.2) is 16.8 Å². The van der Waals surface area contributed by atoms with Crippen molar-refractivity contribution in [1.29, 1.82) is 0 Å². The standard InChI is InChI=1S/C19H34S/c1-5-6-7-8-9-10-11-12-13-17(2)19(3,4)18-14-15-20-16-18/h14-17H,5-13H2,1-4H3. The van der Waals surface area contributed by atoms with E-state index in [9.17, 15) is 0 Å². The Kier molecular flexibility index (Phi) is 8.52. The summed E-state index contributed by atoms with van der Waals surface area (Å²) in [4.78, 5) is 0. The molecule has 0 bridgehead atoms. The monoisotopic (exact) mass is 294 g/mol. The van der Waals surface area contributed by atoms with E-state index in [0.29, 0.717) is 5.41 Å². The second-order valence-corrected chi connectivity index (χ2v) is 7.68. The van der Waals surface area contributed by atoms with Crippen molar-refractivity contribution in [2.45, 2.75) is 90.9 Å². The molecule has 1 aromatic heterocycles. The maximum atomic E-state index is 2.43. The molecule has 0 saturated carbocycles. The Morgan fingerprint density at radius 1 is 1.00 bits per heavy atom. The van der Waals surface area contributed by atoms with Crippen LogP contribution in [0.25, 0.3) is 0 Å². The summed E-state index contributed by atoms with van der Waals surface area (Å²) in [6.07, 6.45) is 12.8. The lowest BCUT2D eigenvalue weighted by atomic mass is 9.73. The van der Waals surface area contributed by atoms with Gasteiger partial charge in [-0.2, -0.15) is 11.3 Å². The third-order valence-corrected chi connectivity index (χ3v) is 5.67. The third kappa shape index (κ3) is 5.99. The highest BCUT2D eigenvalue weighted by Crippen LogP contribution is 2.35. The Labute approximate surface area is 131 Å². The van der Waals surface area contributed by atoms with E-state index in [4.69, 9.17) is 0 Å². The summed E-state index contributed by atoms with van der Waals surface area (Å²) in [5.74, 6) is 0.775. The van der Waals surface area contributed by atoms with E-state index in [-0.39, 0.29) is 0 Å². The summed E-state index contributed by atoms with van der Waals surface area (Å²) in [7, 11) is 0. The minimum absolute atomic E-state index is 0.334. The predicted molar refractivity (Wildman–Crippen MR) is 93.7 cm³/mol. The molecule has 0 radical (unpaired) electrons. The van der Waals surface area contributed by atoms with Crippen molar-refractivity contribution in [3.05, 3.63) is 22.4 Å².